The SMILES string of the molecule is CCOP(=O)(OCC)[C@H](N)C(C)C. The second kappa shape index (κ2) is 5.76. The molecule has 0 aliphatic heterocycles. The van der Waals surface area contributed by atoms with Crippen molar-refractivity contribution in [3.05, 3.63) is 0 Å². The fraction of sp³-hybridized carbons (Fsp3) is 1.00. The summed E-state index contributed by atoms with van der Waals surface area (Å²) in [4.78, 5) is 0. The van der Waals surface area contributed by atoms with Crippen molar-refractivity contribution in [1.82, 2.24) is 0 Å². The third kappa shape index (κ3) is 3.77. The van der Waals surface area contributed by atoms with Gasteiger partial charge < -0.3 is 14.8 Å². The standard InChI is InChI=1S/C8H20NO3P/c1-5-11-13(10,12-6-2)8(9)7(3)4/h7-8H,5-6,9H2,1-4H3/t8-/m0/s1. The Bertz CT molecular complexity index is 174. The molecule has 0 unspecified atom stereocenters. The molecule has 0 saturated carbocycles. The predicted octanol–water partition coefficient (Wildman–Crippen LogP) is 2.19. The van der Waals surface area contributed by atoms with Crippen LogP contribution in [0.15, 0.2) is 0 Å². The quantitative estimate of drug-likeness (QED) is 0.681. The number of hydrogen-bond donors (Lipinski definition) is 1. The van der Waals surface area contributed by atoms with Gasteiger partial charge in [-0.05, 0) is 19.8 Å². The maximum atomic E-state index is 12.0. The molecule has 0 aromatic heterocycles. The molecule has 0 bridgehead atoms. The topological polar surface area (TPSA) is 61.5 Å². The third-order valence-electron chi connectivity index (χ3n) is 1.67. The summed E-state index contributed by atoms with van der Waals surface area (Å²) in [5.74, 6) is -0.448. The number of rotatable bonds is 6. The third-order valence-corrected chi connectivity index (χ3v) is 4.23. The summed E-state index contributed by atoms with van der Waals surface area (Å²) in [6, 6.07) is 0. The highest BCUT2D eigenvalue weighted by Gasteiger charge is 2.34. The van der Waals surface area contributed by atoms with Gasteiger partial charge >= 0.3 is 7.60 Å². The van der Waals surface area contributed by atoms with Crippen molar-refractivity contribution in [3.63, 3.8) is 0 Å². The van der Waals surface area contributed by atoms with Gasteiger partial charge in [-0.2, -0.15) is 0 Å². The van der Waals surface area contributed by atoms with Gasteiger partial charge in [0, 0.05) is 0 Å². The summed E-state index contributed by atoms with van der Waals surface area (Å²) in [6.45, 7) is 8.07. The normalized spacial score (nSPS) is 14.9. The van der Waals surface area contributed by atoms with Crippen LogP contribution in [-0.4, -0.2) is 19.0 Å². The highest BCUT2D eigenvalue weighted by Crippen LogP contribution is 2.53. The van der Waals surface area contributed by atoms with E-state index in [1.54, 1.807) is 13.8 Å². The first-order chi connectivity index (χ1) is 5.98. The van der Waals surface area contributed by atoms with Gasteiger partial charge in [-0.3, -0.25) is 4.57 Å². The summed E-state index contributed by atoms with van der Waals surface area (Å²) < 4.78 is 22.2. The van der Waals surface area contributed by atoms with Crippen LogP contribution in [0.5, 0.6) is 0 Å². The lowest BCUT2D eigenvalue weighted by Crippen LogP contribution is -2.28. The molecule has 0 fully saturated rings. The lowest BCUT2D eigenvalue weighted by molar-refractivity contribution is 0.206. The minimum Gasteiger partial charge on any atom is -0.317 e. The zero-order valence-electron chi connectivity index (χ0n) is 8.82. The van der Waals surface area contributed by atoms with E-state index in [1.165, 1.54) is 0 Å². The minimum absolute atomic E-state index is 0.0870. The molecule has 0 saturated heterocycles. The first-order valence-electron chi connectivity index (χ1n) is 4.62. The van der Waals surface area contributed by atoms with E-state index in [2.05, 4.69) is 0 Å². The molecule has 0 aliphatic carbocycles. The lowest BCUT2D eigenvalue weighted by atomic mass is 10.2. The molecule has 4 nitrogen and oxygen atoms in total. The molecule has 0 aliphatic rings. The molecular formula is C8H20NO3P. The molecular weight excluding hydrogens is 189 g/mol. The molecule has 0 rings (SSSR count). The van der Waals surface area contributed by atoms with Crippen molar-refractivity contribution in [2.75, 3.05) is 13.2 Å². The molecule has 0 aromatic rings. The van der Waals surface area contributed by atoms with Gasteiger partial charge in [0.15, 0.2) is 0 Å². The zero-order chi connectivity index (χ0) is 10.5. The van der Waals surface area contributed by atoms with Crippen molar-refractivity contribution in [3.8, 4) is 0 Å². The van der Waals surface area contributed by atoms with Crippen molar-refractivity contribution >= 4 is 7.60 Å². The van der Waals surface area contributed by atoms with E-state index in [0.717, 1.165) is 0 Å². The van der Waals surface area contributed by atoms with Gasteiger partial charge in [0.2, 0.25) is 0 Å². The van der Waals surface area contributed by atoms with Crippen LogP contribution >= 0.6 is 7.60 Å². The molecule has 0 aromatic carbocycles. The molecule has 0 spiro atoms. The maximum Gasteiger partial charge on any atom is 0.347 e. The summed E-state index contributed by atoms with van der Waals surface area (Å²) in [6.07, 6.45) is 0. The zero-order valence-corrected chi connectivity index (χ0v) is 9.71. The molecule has 0 heterocycles. The Labute approximate surface area is 80.3 Å². The van der Waals surface area contributed by atoms with Crippen LogP contribution in [0.3, 0.4) is 0 Å². The second-order valence-corrected chi connectivity index (χ2v) is 5.30. The van der Waals surface area contributed by atoms with Crippen LogP contribution in [0.2, 0.25) is 0 Å². The summed E-state index contributed by atoms with van der Waals surface area (Å²) in [5, 5.41) is 0. The summed E-state index contributed by atoms with van der Waals surface area (Å²) >= 11 is 0. The molecule has 1 atom stereocenters. The van der Waals surface area contributed by atoms with E-state index in [-0.39, 0.29) is 5.92 Å². The second-order valence-electron chi connectivity index (χ2n) is 3.11. The van der Waals surface area contributed by atoms with Crippen LogP contribution in [0.4, 0.5) is 0 Å². The molecule has 0 amide bonds. The van der Waals surface area contributed by atoms with Gasteiger partial charge in [0.05, 0.1) is 13.2 Å². The molecule has 5 heteroatoms. The fourth-order valence-electron chi connectivity index (χ4n) is 0.934. The van der Waals surface area contributed by atoms with Crippen LogP contribution < -0.4 is 5.73 Å². The van der Waals surface area contributed by atoms with E-state index in [4.69, 9.17) is 14.8 Å². The van der Waals surface area contributed by atoms with Gasteiger partial charge in [0.1, 0.15) is 5.78 Å². The number of nitrogens with two attached hydrogens (primary N) is 1. The molecule has 0 radical (unpaired) electrons. The minimum atomic E-state index is -3.09. The van der Waals surface area contributed by atoms with Gasteiger partial charge in [0.25, 0.3) is 0 Å². The lowest BCUT2D eigenvalue weighted by Gasteiger charge is -2.25. The Morgan fingerprint density at radius 1 is 1.23 bits per heavy atom. The van der Waals surface area contributed by atoms with E-state index < -0.39 is 13.4 Å². The van der Waals surface area contributed by atoms with Gasteiger partial charge in [-0.1, -0.05) is 13.8 Å². The Kier molecular flexibility index (Phi) is 5.81. The molecule has 13 heavy (non-hydrogen) atoms. The Morgan fingerprint density at radius 2 is 1.62 bits per heavy atom. The molecule has 2 N–H and O–H groups in total. The summed E-state index contributed by atoms with van der Waals surface area (Å²) in [7, 11) is -3.09. The van der Waals surface area contributed by atoms with Crippen molar-refractivity contribution in [1.29, 1.82) is 0 Å². The van der Waals surface area contributed by atoms with E-state index in [1.807, 2.05) is 13.8 Å². The van der Waals surface area contributed by atoms with Crippen LogP contribution in [-0.2, 0) is 13.6 Å². The average molecular weight is 209 g/mol. The van der Waals surface area contributed by atoms with Gasteiger partial charge in [-0.15, -0.1) is 0 Å². The highest BCUT2D eigenvalue weighted by atomic mass is 31.2. The van der Waals surface area contributed by atoms with E-state index in [0.29, 0.717) is 13.2 Å². The summed E-state index contributed by atoms with van der Waals surface area (Å²) in [5.41, 5.74) is 5.75. The van der Waals surface area contributed by atoms with Gasteiger partial charge in [-0.25, -0.2) is 0 Å². The van der Waals surface area contributed by atoms with Crippen LogP contribution in [0.25, 0.3) is 0 Å². The van der Waals surface area contributed by atoms with Crippen molar-refractivity contribution in [2.45, 2.75) is 33.5 Å². The van der Waals surface area contributed by atoms with Crippen molar-refractivity contribution < 1.29 is 13.6 Å². The van der Waals surface area contributed by atoms with E-state index >= 15 is 0 Å². The first kappa shape index (κ1) is 13.1. The van der Waals surface area contributed by atoms with Crippen LogP contribution in [0, 0.1) is 5.92 Å². The maximum absolute atomic E-state index is 12.0. The Hall–Kier alpha value is 0.110. The highest BCUT2D eigenvalue weighted by molar-refractivity contribution is 7.54. The monoisotopic (exact) mass is 209 g/mol. The Morgan fingerprint density at radius 3 is 1.85 bits per heavy atom. The average Bonchev–Trinajstić information content (AvgIpc) is 2.03. The Balaban J connectivity index is 4.47. The number of hydrogen-bond acceptors (Lipinski definition) is 4. The van der Waals surface area contributed by atoms with Crippen molar-refractivity contribution in [2.24, 2.45) is 11.7 Å². The first-order valence-corrected chi connectivity index (χ1v) is 6.23. The van der Waals surface area contributed by atoms with Crippen LogP contribution in [0.1, 0.15) is 27.7 Å². The fourth-order valence-corrected chi connectivity index (χ4v) is 2.80. The molecule has 80 valence electrons. The smallest absolute Gasteiger partial charge is 0.317 e. The largest absolute Gasteiger partial charge is 0.347 e. The van der Waals surface area contributed by atoms with E-state index in [9.17, 15) is 4.57 Å². The predicted molar refractivity (Wildman–Crippen MR) is 53.7 cm³/mol.